The molecule has 0 amide bonds. The molecule has 0 aliphatic carbocycles. The lowest BCUT2D eigenvalue weighted by Crippen LogP contribution is -2.54. The molecule has 0 heterocycles. The first-order chi connectivity index (χ1) is 7.40. The van der Waals surface area contributed by atoms with Crippen LogP contribution in [0.3, 0.4) is 0 Å². The van der Waals surface area contributed by atoms with E-state index in [-0.39, 0.29) is 26.3 Å². The van der Waals surface area contributed by atoms with E-state index >= 15 is 0 Å². The van der Waals surface area contributed by atoms with Gasteiger partial charge in [0.2, 0.25) is 0 Å². The maximum absolute atomic E-state index is 10.5. The summed E-state index contributed by atoms with van der Waals surface area (Å²) >= 11 is 0. The van der Waals surface area contributed by atoms with Gasteiger partial charge in [-0.15, -0.1) is 0 Å². The first-order valence-corrected chi connectivity index (χ1v) is 6.33. The minimum Gasteiger partial charge on any atom is -0.395 e. The number of aliphatic hydroxyl groups excluding tert-OH is 3. The summed E-state index contributed by atoms with van der Waals surface area (Å²) in [6, 6.07) is 0. The van der Waals surface area contributed by atoms with Crippen LogP contribution in [0.5, 0.6) is 0 Å². The van der Waals surface area contributed by atoms with Crippen molar-refractivity contribution in [2.24, 2.45) is 0 Å². The van der Waals surface area contributed by atoms with Crippen LogP contribution in [-0.4, -0.2) is 72.6 Å². The van der Waals surface area contributed by atoms with Gasteiger partial charge in [-0.25, -0.2) is 0 Å². The number of hydrogen-bond acceptors (Lipinski definition) is 7. The van der Waals surface area contributed by atoms with E-state index in [4.69, 9.17) is 14.8 Å². The van der Waals surface area contributed by atoms with Crippen LogP contribution in [0.25, 0.3) is 0 Å². The van der Waals surface area contributed by atoms with Crippen LogP contribution < -0.4 is 10.6 Å². The highest BCUT2D eigenvalue weighted by molar-refractivity contribution is 7.85. The molecule has 1 atom stereocenters. The molecule has 0 aromatic heterocycles. The van der Waals surface area contributed by atoms with Crippen molar-refractivity contribution in [2.75, 3.05) is 32.1 Å². The molecule has 0 aromatic rings. The Labute approximate surface area is 94.0 Å². The van der Waals surface area contributed by atoms with Crippen molar-refractivity contribution in [3.8, 4) is 0 Å². The van der Waals surface area contributed by atoms with Gasteiger partial charge in [0.1, 0.15) is 5.75 Å². The molecule has 6 N–H and O–H groups in total. The summed E-state index contributed by atoms with van der Waals surface area (Å²) in [4.78, 5) is 0. The first-order valence-electron chi connectivity index (χ1n) is 4.72. The van der Waals surface area contributed by atoms with E-state index in [1.54, 1.807) is 0 Å². The SMILES string of the molecule is O=S(=O)(O)CC(O)C(NCCO)NCCO. The van der Waals surface area contributed by atoms with Gasteiger partial charge in [0.05, 0.1) is 25.5 Å². The van der Waals surface area contributed by atoms with E-state index in [1.165, 1.54) is 0 Å². The third-order valence-corrected chi connectivity index (χ3v) is 2.48. The predicted molar refractivity (Wildman–Crippen MR) is 56.4 cm³/mol. The number of rotatable bonds is 9. The third-order valence-electron chi connectivity index (χ3n) is 1.72. The van der Waals surface area contributed by atoms with Crippen LogP contribution in [0.2, 0.25) is 0 Å². The maximum atomic E-state index is 10.5. The van der Waals surface area contributed by atoms with E-state index in [0.29, 0.717) is 0 Å². The topological polar surface area (TPSA) is 139 Å². The lowest BCUT2D eigenvalue weighted by atomic mass is 10.3. The van der Waals surface area contributed by atoms with Gasteiger partial charge in [-0.2, -0.15) is 8.42 Å². The van der Waals surface area contributed by atoms with E-state index in [2.05, 4.69) is 10.6 Å². The van der Waals surface area contributed by atoms with Crippen LogP contribution in [0.1, 0.15) is 0 Å². The van der Waals surface area contributed by atoms with E-state index in [0.717, 1.165) is 0 Å². The molecule has 0 bridgehead atoms. The molecule has 0 radical (unpaired) electrons. The monoisotopic (exact) mass is 258 g/mol. The molecule has 8 nitrogen and oxygen atoms in total. The fourth-order valence-electron chi connectivity index (χ4n) is 1.10. The highest BCUT2D eigenvalue weighted by atomic mass is 32.2. The molecule has 0 aliphatic heterocycles. The summed E-state index contributed by atoms with van der Waals surface area (Å²) in [5.74, 6) is -0.825. The standard InChI is InChI=1S/C7H18N2O6S/c10-3-1-8-7(9-2-4-11)6(12)5-16(13,14)15/h6-12H,1-5H2,(H,13,14,15). The van der Waals surface area contributed by atoms with Gasteiger partial charge in [-0.1, -0.05) is 0 Å². The molecule has 9 heteroatoms. The van der Waals surface area contributed by atoms with Crippen molar-refractivity contribution in [1.29, 1.82) is 0 Å². The van der Waals surface area contributed by atoms with Crippen LogP contribution in [0.4, 0.5) is 0 Å². The molecule has 0 rings (SSSR count). The average Bonchev–Trinajstić information content (AvgIpc) is 2.15. The molecule has 0 saturated heterocycles. The second kappa shape index (κ2) is 7.90. The second-order valence-electron chi connectivity index (χ2n) is 3.15. The Bertz CT molecular complexity index is 262. The molecular formula is C7H18N2O6S. The van der Waals surface area contributed by atoms with E-state index in [9.17, 15) is 13.5 Å². The molecule has 16 heavy (non-hydrogen) atoms. The molecule has 0 saturated carbocycles. The summed E-state index contributed by atoms with van der Waals surface area (Å²) in [5, 5.41) is 31.9. The molecule has 0 aromatic carbocycles. The Morgan fingerprint density at radius 2 is 1.50 bits per heavy atom. The zero-order valence-corrected chi connectivity index (χ0v) is 9.52. The Morgan fingerprint density at radius 3 is 1.81 bits per heavy atom. The Kier molecular flexibility index (Phi) is 7.76. The molecule has 0 spiro atoms. The van der Waals surface area contributed by atoms with Crippen molar-refractivity contribution in [1.82, 2.24) is 10.6 Å². The van der Waals surface area contributed by atoms with Crippen molar-refractivity contribution in [2.45, 2.75) is 12.3 Å². The lowest BCUT2D eigenvalue weighted by molar-refractivity contribution is 0.119. The predicted octanol–water partition coefficient (Wildman–Crippen LogP) is -3.27. The Morgan fingerprint density at radius 1 is 1.06 bits per heavy atom. The van der Waals surface area contributed by atoms with Crippen molar-refractivity contribution in [3.05, 3.63) is 0 Å². The molecule has 1 unspecified atom stereocenters. The van der Waals surface area contributed by atoms with Crippen LogP contribution >= 0.6 is 0 Å². The number of nitrogens with one attached hydrogen (secondary N) is 2. The zero-order valence-electron chi connectivity index (χ0n) is 8.70. The lowest BCUT2D eigenvalue weighted by Gasteiger charge is -2.24. The minimum atomic E-state index is -4.27. The third kappa shape index (κ3) is 7.93. The van der Waals surface area contributed by atoms with Crippen LogP contribution in [-0.2, 0) is 10.1 Å². The van der Waals surface area contributed by atoms with Crippen LogP contribution in [0, 0.1) is 0 Å². The summed E-state index contributed by atoms with van der Waals surface area (Å²) < 4.78 is 29.6. The van der Waals surface area contributed by atoms with Crippen molar-refractivity contribution < 1.29 is 28.3 Å². The normalized spacial score (nSPS) is 14.3. The van der Waals surface area contributed by atoms with Gasteiger partial charge >= 0.3 is 0 Å². The molecule has 98 valence electrons. The maximum Gasteiger partial charge on any atom is 0.267 e. The highest BCUT2D eigenvalue weighted by Gasteiger charge is 2.22. The fraction of sp³-hybridized carbons (Fsp3) is 1.00. The summed E-state index contributed by atoms with van der Waals surface area (Å²) in [6.45, 7) is -0.0803. The highest BCUT2D eigenvalue weighted by Crippen LogP contribution is 1.95. The average molecular weight is 258 g/mol. The van der Waals surface area contributed by atoms with Gasteiger partial charge in [-0.3, -0.25) is 15.2 Å². The number of aliphatic hydroxyl groups is 3. The smallest absolute Gasteiger partial charge is 0.267 e. The van der Waals surface area contributed by atoms with Crippen molar-refractivity contribution in [3.63, 3.8) is 0 Å². The summed E-state index contributed by atoms with van der Waals surface area (Å²) in [7, 11) is -4.27. The Hall–Kier alpha value is -0.290. The quantitative estimate of drug-likeness (QED) is 0.187. The number of hydrogen-bond donors (Lipinski definition) is 6. The fourth-order valence-corrected chi connectivity index (χ4v) is 1.72. The van der Waals surface area contributed by atoms with Crippen molar-refractivity contribution >= 4 is 10.1 Å². The molecular weight excluding hydrogens is 240 g/mol. The summed E-state index contributed by atoms with van der Waals surface area (Å²) in [6.07, 6.45) is -2.21. The van der Waals surface area contributed by atoms with Gasteiger partial charge in [0.25, 0.3) is 10.1 Å². The molecule has 0 aliphatic rings. The minimum absolute atomic E-state index is 0.144. The first kappa shape index (κ1) is 15.7. The second-order valence-corrected chi connectivity index (χ2v) is 4.65. The van der Waals surface area contributed by atoms with E-state index in [1.807, 2.05) is 0 Å². The largest absolute Gasteiger partial charge is 0.395 e. The van der Waals surface area contributed by atoms with Gasteiger partial charge in [-0.05, 0) is 0 Å². The van der Waals surface area contributed by atoms with Gasteiger partial charge in [0.15, 0.2) is 0 Å². The van der Waals surface area contributed by atoms with Gasteiger partial charge < -0.3 is 15.3 Å². The van der Waals surface area contributed by atoms with Gasteiger partial charge in [0, 0.05) is 13.1 Å². The molecule has 0 fully saturated rings. The zero-order chi connectivity index (χ0) is 12.6. The summed E-state index contributed by atoms with van der Waals surface area (Å²) in [5.41, 5.74) is 0. The van der Waals surface area contributed by atoms with E-state index < -0.39 is 28.1 Å². The van der Waals surface area contributed by atoms with Crippen LogP contribution in [0.15, 0.2) is 0 Å². The Balaban J connectivity index is 4.24.